The second-order valence-corrected chi connectivity index (χ2v) is 11.2. The first kappa shape index (κ1) is 27.7. The van der Waals surface area contributed by atoms with Gasteiger partial charge in [-0.15, -0.1) is 0 Å². The Morgan fingerprint density at radius 3 is 2.65 bits per heavy atom. The third-order valence-corrected chi connectivity index (χ3v) is 8.08. The van der Waals surface area contributed by atoms with E-state index in [0.29, 0.717) is 41.0 Å². The molecule has 1 amide bonds. The summed E-state index contributed by atoms with van der Waals surface area (Å²) < 4.78 is 0. The number of carbonyl (C=O) groups excluding carboxylic acids is 1. The number of hydrogen-bond donors (Lipinski definition) is 2. The number of amides is 1. The Morgan fingerprint density at radius 2 is 1.92 bits per heavy atom. The van der Waals surface area contributed by atoms with Gasteiger partial charge in [-0.1, -0.05) is 55.5 Å². The SMILES string of the molecule is C[C@@H]1CCCCC[C@H]1N=C(Nc1ccc(N(C=O)CCc2ccc(Cl)cc2Cl)cc1)N1CCN[C@@H](C)C1. The molecule has 1 heterocycles. The predicted octanol–water partition coefficient (Wildman–Crippen LogP) is 6.23. The van der Waals surface area contributed by atoms with Gasteiger partial charge in [0.2, 0.25) is 6.41 Å². The molecule has 1 saturated heterocycles. The molecule has 2 aliphatic rings. The fourth-order valence-electron chi connectivity index (χ4n) is 5.21. The van der Waals surface area contributed by atoms with Gasteiger partial charge in [-0.25, -0.2) is 4.99 Å². The molecule has 2 aromatic carbocycles. The second kappa shape index (κ2) is 13.5. The number of carbonyl (C=O) groups is 1. The lowest BCUT2D eigenvalue weighted by molar-refractivity contribution is -0.107. The van der Waals surface area contributed by atoms with Crippen LogP contribution in [-0.4, -0.2) is 55.5 Å². The third kappa shape index (κ3) is 7.86. The Hall–Kier alpha value is -2.28. The van der Waals surface area contributed by atoms with E-state index in [2.05, 4.69) is 29.4 Å². The van der Waals surface area contributed by atoms with E-state index in [9.17, 15) is 4.79 Å². The Balaban J connectivity index is 1.47. The van der Waals surface area contributed by atoms with Gasteiger partial charge in [-0.05, 0) is 74.1 Å². The Morgan fingerprint density at radius 1 is 1.14 bits per heavy atom. The molecule has 0 bridgehead atoms. The predicted molar refractivity (Wildman–Crippen MR) is 156 cm³/mol. The number of hydrogen-bond acceptors (Lipinski definition) is 3. The fraction of sp³-hybridized carbons (Fsp3) is 0.517. The van der Waals surface area contributed by atoms with Crippen LogP contribution < -0.4 is 15.5 Å². The number of anilines is 2. The van der Waals surface area contributed by atoms with E-state index in [1.807, 2.05) is 36.4 Å². The Labute approximate surface area is 231 Å². The van der Waals surface area contributed by atoms with Crippen LogP contribution in [0.4, 0.5) is 11.4 Å². The zero-order valence-corrected chi connectivity index (χ0v) is 23.4. The third-order valence-electron chi connectivity index (χ3n) is 7.49. The zero-order valence-electron chi connectivity index (χ0n) is 21.9. The number of nitrogens with zero attached hydrogens (tertiary/aromatic N) is 3. The van der Waals surface area contributed by atoms with Crippen LogP contribution in [0.3, 0.4) is 0 Å². The fourth-order valence-corrected chi connectivity index (χ4v) is 5.72. The van der Waals surface area contributed by atoms with Gasteiger partial charge in [0.25, 0.3) is 0 Å². The van der Waals surface area contributed by atoms with E-state index in [-0.39, 0.29) is 0 Å². The molecule has 0 unspecified atom stereocenters. The summed E-state index contributed by atoms with van der Waals surface area (Å²) in [6.45, 7) is 7.91. The van der Waals surface area contributed by atoms with Crippen molar-refractivity contribution < 1.29 is 4.79 Å². The van der Waals surface area contributed by atoms with Crippen LogP contribution in [0.1, 0.15) is 51.5 Å². The van der Waals surface area contributed by atoms with E-state index in [4.69, 9.17) is 28.2 Å². The van der Waals surface area contributed by atoms with Crippen molar-refractivity contribution in [3.05, 3.63) is 58.1 Å². The molecule has 1 saturated carbocycles. The highest BCUT2D eigenvalue weighted by Gasteiger charge is 2.24. The van der Waals surface area contributed by atoms with Gasteiger partial charge in [-0.3, -0.25) is 4.79 Å². The minimum Gasteiger partial charge on any atom is -0.340 e. The quantitative estimate of drug-likeness (QED) is 0.188. The van der Waals surface area contributed by atoms with Gasteiger partial charge in [0, 0.05) is 53.6 Å². The number of nitrogens with one attached hydrogen (secondary N) is 2. The van der Waals surface area contributed by atoms with Crippen LogP contribution in [0.25, 0.3) is 0 Å². The lowest BCUT2D eigenvalue weighted by Crippen LogP contribution is -2.53. The average molecular weight is 545 g/mol. The summed E-state index contributed by atoms with van der Waals surface area (Å²) in [6, 6.07) is 14.2. The largest absolute Gasteiger partial charge is 0.340 e. The molecule has 1 aliphatic carbocycles. The molecule has 6 nitrogen and oxygen atoms in total. The van der Waals surface area contributed by atoms with Crippen LogP contribution in [-0.2, 0) is 11.2 Å². The Kier molecular flexibility index (Phi) is 10.1. The number of piperazine rings is 1. The van der Waals surface area contributed by atoms with E-state index in [1.54, 1.807) is 11.0 Å². The van der Waals surface area contributed by atoms with Crippen LogP contribution in [0.5, 0.6) is 0 Å². The summed E-state index contributed by atoms with van der Waals surface area (Å²) in [6.07, 6.45) is 7.78. The number of benzene rings is 2. The molecule has 1 aliphatic heterocycles. The van der Waals surface area contributed by atoms with Crippen LogP contribution in [0.15, 0.2) is 47.5 Å². The lowest BCUT2D eigenvalue weighted by atomic mass is 9.98. The highest BCUT2D eigenvalue weighted by atomic mass is 35.5. The molecule has 2 N–H and O–H groups in total. The van der Waals surface area contributed by atoms with Gasteiger partial charge in [0.05, 0.1) is 6.04 Å². The summed E-state index contributed by atoms with van der Waals surface area (Å²) >= 11 is 12.3. The number of rotatable bonds is 7. The molecular formula is C29H39Cl2N5O. The number of aliphatic imine (C=N–C) groups is 1. The normalized spacial score (nSPS) is 22.9. The summed E-state index contributed by atoms with van der Waals surface area (Å²) in [5, 5.41) is 8.38. The maximum Gasteiger partial charge on any atom is 0.214 e. The van der Waals surface area contributed by atoms with Crippen LogP contribution in [0, 0.1) is 5.92 Å². The van der Waals surface area contributed by atoms with Gasteiger partial charge < -0.3 is 20.4 Å². The standard InChI is InChI=1S/C29H39Cl2N5O/c1-21-6-4-3-5-7-28(21)34-29(35-17-15-32-22(2)19-35)33-25-10-12-26(13-11-25)36(20-37)16-14-23-8-9-24(30)18-27(23)31/h8-13,18,20-22,28,32H,3-7,14-17,19H2,1-2H3,(H,33,34)/t21-,22+,28-/m1/s1. The first-order valence-electron chi connectivity index (χ1n) is 13.5. The minimum absolute atomic E-state index is 0.347. The monoisotopic (exact) mass is 543 g/mol. The smallest absolute Gasteiger partial charge is 0.214 e. The van der Waals surface area contributed by atoms with Crippen molar-refractivity contribution in [3.63, 3.8) is 0 Å². The van der Waals surface area contributed by atoms with Gasteiger partial charge >= 0.3 is 0 Å². The number of halogens is 2. The van der Waals surface area contributed by atoms with Crippen molar-refractivity contribution in [2.45, 2.75) is 64.5 Å². The molecule has 3 atom stereocenters. The maximum absolute atomic E-state index is 11.9. The Bertz CT molecular complexity index is 1060. The van der Waals surface area contributed by atoms with Crippen molar-refractivity contribution in [3.8, 4) is 0 Å². The van der Waals surface area contributed by atoms with Crippen LogP contribution >= 0.6 is 23.2 Å². The summed E-state index contributed by atoms with van der Waals surface area (Å²) in [7, 11) is 0. The molecule has 0 radical (unpaired) electrons. The molecule has 200 valence electrons. The highest BCUT2D eigenvalue weighted by Crippen LogP contribution is 2.27. The van der Waals surface area contributed by atoms with E-state index >= 15 is 0 Å². The van der Waals surface area contributed by atoms with E-state index in [0.717, 1.165) is 55.4 Å². The molecule has 4 rings (SSSR count). The molecule has 37 heavy (non-hydrogen) atoms. The second-order valence-electron chi connectivity index (χ2n) is 10.4. The molecular weight excluding hydrogens is 505 g/mol. The summed E-state index contributed by atoms with van der Waals surface area (Å²) in [5.74, 6) is 1.56. The molecule has 0 spiro atoms. The van der Waals surface area contributed by atoms with Crippen LogP contribution in [0.2, 0.25) is 10.0 Å². The van der Waals surface area contributed by atoms with Crippen molar-refractivity contribution in [1.82, 2.24) is 10.2 Å². The van der Waals surface area contributed by atoms with Gasteiger partial charge in [0.15, 0.2) is 5.96 Å². The van der Waals surface area contributed by atoms with Crippen molar-refractivity contribution >= 4 is 46.9 Å². The summed E-state index contributed by atoms with van der Waals surface area (Å²) in [5.41, 5.74) is 2.79. The first-order chi connectivity index (χ1) is 17.9. The molecule has 2 fully saturated rings. The maximum atomic E-state index is 11.9. The molecule has 8 heteroatoms. The summed E-state index contributed by atoms with van der Waals surface area (Å²) in [4.78, 5) is 21.2. The molecule has 2 aromatic rings. The zero-order chi connectivity index (χ0) is 26.2. The topological polar surface area (TPSA) is 60.0 Å². The van der Waals surface area contributed by atoms with Crippen molar-refractivity contribution in [2.75, 3.05) is 36.4 Å². The minimum atomic E-state index is 0.347. The average Bonchev–Trinajstić information content (AvgIpc) is 3.09. The van der Waals surface area contributed by atoms with E-state index in [1.165, 1.54) is 25.7 Å². The highest BCUT2D eigenvalue weighted by molar-refractivity contribution is 6.35. The van der Waals surface area contributed by atoms with Crippen molar-refractivity contribution in [1.29, 1.82) is 0 Å². The van der Waals surface area contributed by atoms with Gasteiger partial charge in [-0.2, -0.15) is 0 Å². The van der Waals surface area contributed by atoms with E-state index < -0.39 is 0 Å². The van der Waals surface area contributed by atoms with Crippen molar-refractivity contribution in [2.24, 2.45) is 10.9 Å². The lowest BCUT2D eigenvalue weighted by Gasteiger charge is -2.35. The van der Waals surface area contributed by atoms with Gasteiger partial charge in [0.1, 0.15) is 0 Å². The molecule has 0 aromatic heterocycles. The first-order valence-corrected chi connectivity index (χ1v) is 14.3. The number of guanidine groups is 1.